The van der Waals surface area contributed by atoms with Crippen LogP contribution in [-0.2, 0) is 16.0 Å². The summed E-state index contributed by atoms with van der Waals surface area (Å²) in [6.45, 7) is 5.20. The molecule has 1 fully saturated rings. The van der Waals surface area contributed by atoms with Gasteiger partial charge in [-0.05, 0) is 37.8 Å². The minimum atomic E-state index is -0.00848. The van der Waals surface area contributed by atoms with E-state index in [9.17, 15) is 9.59 Å². The summed E-state index contributed by atoms with van der Waals surface area (Å²) in [6.07, 6.45) is 4.98. The number of amides is 2. The first-order chi connectivity index (χ1) is 14.0. The predicted molar refractivity (Wildman–Crippen MR) is 130 cm³/mol. The number of rotatable bonds is 8. The highest BCUT2D eigenvalue weighted by Crippen LogP contribution is 2.20. The van der Waals surface area contributed by atoms with Gasteiger partial charge in [0.1, 0.15) is 6.54 Å². The third-order valence-corrected chi connectivity index (χ3v) is 5.22. The number of nitrogens with one attached hydrogen (secondary N) is 2. The molecule has 0 atom stereocenters. The van der Waals surface area contributed by atoms with Crippen molar-refractivity contribution in [2.75, 3.05) is 46.8 Å². The van der Waals surface area contributed by atoms with Gasteiger partial charge in [0, 0.05) is 65.0 Å². The van der Waals surface area contributed by atoms with E-state index in [1.807, 2.05) is 25.1 Å². The van der Waals surface area contributed by atoms with E-state index in [2.05, 4.69) is 25.5 Å². The topological polar surface area (TPSA) is 89.9 Å². The van der Waals surface area contributed by atoms with Crippen LogP contribution in [0.5, 0.6) is 0 Å². The van der Waals surface area contributed by atoms with Gasteiger partial charge in [-0.3, -0.25) is 14.6 Å². The third kappa shape index (κ3) is 8.85. The Morgan fingerprint density at radius 2 is 2.03 bits per heavy atom. The number of pyridine rings is 1. The van der Waals surface area contributed by atoms with Crippen molar-refractivity contribution in [3.8, 4) is 0 Å². The second-order valence-corrected chi connectivity index (χ2v) is 7.36. The maximum absolute atomic E-state index is 12.5. The summed E-state index contributed by atoms with van der Waals surface area (Å²) in [6, 6.07) is 5.80. The molecule has 1 aromatic heterocycles. The van der Waals surface area contributed by atoms with Gasteiger partial charge in [0.05, 0.1) is 0 Å². The highest BCUT2D eigenvalue weighted by Gasteiger charge is 2.23. The van der Waals surface area contributed by atoms with Gasteiger partial charge in [-0.15, -0.1) is 24.0 Å². The van der Waals surface area contributed by atoms with E-state index in [1.54, 1.807) is 25.2 Å². The number of carbonyl (C=O) groups is 2. The van der Waals surface area contributed by atoms with Crippen LogP contribution in [-0.4, -0.2) is 79.4 Å². The van der Waals surface area contributed by atoms with Gasteiger partial charge < -0.3 is 20.4 Å². The van der Waals surface area contributed by atoms with Crippen LogP contribution in [0.3, 0.4) is 0 Å². The van der Waals surface area contributed by atoms with E-state index in [-0.39, 0.29) is 42.3 Å². The number of piperidine rings is 1. The molecule has 30 heavy (non-hydrogen) atoms. The van der Waals surface area contributed by atoms with Crippen molar-refractivity contribution < 1.29 is 9.59 Å². The molecule has 0 aromatic carbocycles. The van der Waals surface area contributed by atoms with E-state index < -0.39 is 0 Å². The Morgan fingerprint density at radius 3 is 2.63 bits per heavy atom. The molecule has 0 radical (unpaired) electrons. The zero-order chi connectivity index (χ0) is 21.1. The number of guanidine groups is 1. The quantitative estimate of drug-likeness (QED) is 0.302. The SMILES string of the molecule is CCNC(=NCC(=O)N(C)CCc1ccccn1)N1CCC(CC(=O)NC)CC1.I. The zero-order valence-corrected chi connectivity index (χ0v) is 20.6. The molecule has 1 aliphatic heterocycles. The van der Waals surface area contributed by atoms with Crippen LogP contribution >= 0.6 is 24.0 Å². The van der Waals surface area contributed by atoms with Crippen molar-refractivity contribution in [1.82, 2.24) is 25.4 Å². The fourth-order valence-electron chi connectivity index (χ4n) is 3.36. The molecule has 168 valence electrons. The summed E-state index contributed by atoms with van der Waals surface area (Å²) in [7, 11) is 3.48. The largest absolute Gasteiger partial charge is 0.359 e. The lowest BCUT2D eigenvalue weighted by molar-refractivity contribution is -0.128. The van der Waals surface area contributed by atoms with Crippen LogP contribution in [0, 0.1) is 5.92 Å². The van der Waals surface area contributed by atoms with Crippen molar-refractivity contribution >= 4 is 41.8 Å². The minimum absolute atomic E-state index is 0. The first-order valence-electron chi connectivity index (χ1n) is 10.4. The second kappa shape index (κ2) is 14.2. The lowest BCUT2D eigenvalue weighted by Crippen LogP contribution is -2.46. The average molecular weight is 530 g/mol. The molecule has 2 amide bonds. The number of halogens is 1. The number of likely N-dealkylation sites (tertiary alicyclic amines) is 1. The van der Waals surface area contributed by atoms with Crippen molar-refractivity contribution in [2.24, 2.45) is 10.9 Å². The molecule has 1 saturated heterocycles. The summed E-state index contributed by atoms with van der Waals surface area (Å²) in [5.41, 5.74) is 0.976. The Morgan fingerprint density at radius 1 is 1.30 bits per heavy atom. The van der Waals surface area contributed by atoms with Gasteiger partial charge in [0.25, 0.3) is 0 Å². The molecular weight excluding hydrogens is 495 g/mol. The number of nitrogens with zero attached hydrogens (tertiary/aromatic N) is 4. The van der Waals surface area contributed by atoms with Crippen LogP contribution in [0.4, 0.5) is 0 Å². The highest BCUT2D eigenvalue weighted by atomic mass is 127. The molecule has 0 aliphatic carbocycles. The first kappa shape index (κ1) is 26.1. The molecule has 0 bridgehead atoms. The minimum Gasteiger partial charge on any atom is -0.359 e. The summed E-state index contributed by atoms with van der Waals surface area (Å²) < 4.78 is 0. The number of aromatic nitrogens is 1. The lowest BCUT2D eigenvalue weighted by Gasteiger charge is -2.34. The first-order valence-corrected chi connectivity index (χ1v) is 10.4. The molecule has 2 rings (SSSR count). The van der Waals surface area contributed by atoms with Gasteiger partial charge in [0.2, 0.25) is 11.8 Å². The van der Waals surface area contributed by atoms with Crippen molar-refractivity contribution in [3.63, 3.8) is 0 Å². The summed E-state index contributed by atoms with van der Waals surface area (Å²) in [4.78, 5) is 36.8. The van der Waals surface area contributed by atoms with E-state index in [4.69, 9.17) is 0 Å². The second-order valence-electron chi connectivity index (χ2n) is 7.36. The predicted octanol–water partition coefficient (Wildman–Crippen LogP) is 1.51. The van der Waals surface area contributed by atoms with E-state index in [0.29, 0.717) is 18.9 Å². The Hall–Kier alpha value is -1.91. The molecule has 1 aliphatic rings. The van der Waals surface area contributed by atoms with Crippen LogP contribution in [0.25, 0.3) is 0 Å². The lowest BCUT2D eigenvalue weighted by atomic mass is 9.93. The standard InChI is InChI=1S/C21H34N6O2.HI/c1-4-23-21(27-13-8-17(9-14-27)15-19(28)22-2)25-16-20(29)26(3)12-10-18-7-5-6-11-24-18;/h5-7,11,17H,4,8-10,12-16H2,1-3H3,(H,22,28)(H,23,25);1H. The van der Waals surface area contributed by atoms with Gasteiger partial charge in [0.15, 0.2) is 5.96 Å². The van der Waals surface area contributed by atoms with Crippen LogP contribution < -0.4 is 10.6 Å². The Balaban J connectivity index is 0.00000450. The molecule has 0 spiro atoms. The summed E-state index contributed by atoms with van der Waals surface area (Å²) in [5, 5.41) is 5.98. The van der Waals surface area contributed by atoms with Gasteiger partial charge >= 0.3 is 0 Å². The number of carbonyl (C=O) groups excluding carboxylic acids is 2. The Bertz CT molecular complexity index is 677. The average Bonchev–Trinajstić information content (AvgIpc) is 2.76. The summed E-state index contributed by atoms with van der Waals surface area (Å²) in [5.74, 6) is 1.28. The third-order valence-electron chi connectivity index (χ3n) is 5.22. The molecule has 2 N–H and O–H groups in total. The van der Waals surface area contributed by atoms with Gasteiger partial charge in [-0.25, -0.2) is 4.99 Å². The monoisotopic (exact) mass is 530 g/mol. The highest BCUT2D eigenvalue weighted by molar-refractivity contribution is 14.0. The van der Waals surface area contributed by atoms with E-state index in [0.717, 1.165) is 50.6 Å². The Labute approximate surface area is 196 Å². The zero-order valence-electron chi connectivity index (χ0n) is 18.3. The van der Waals surface area contributed by atoms with E-state index in [1.165, 1.54) is 0 Å². The summed E-state index contributed by atoms with van der Waals surface area (Å²) >= 11 is 0. The fraction of sp³-hybridized carbons (Fsp3) is 0.619. The van der Waals surface area contributed by atoms with Crippen molar-refractivity contribution in [2.45, 2.75) is 32.6 Å². The van der Waals surface area contributed by atoms with Gasteiger partial charge in [-0.1, -0.05) is 6.07 Å². The maximum atomic E-state index is 12.5. The van der Waals surface area contributed by atoms with Crippen LogP contribution in [0.2, 0.25) is 0 Å². The smallest absolute Gasteiger partial charge is 0.244 e. The Kier molecular flexibility index (Phi) is 12.3. The van der Waals surface area contributed by atoms with E-state index >= 15 is 0 Å². The number of aliphatic imine (C=N–C) groups is 1. The molecule has 9 heteroatoms. The number of likely N-dealkylation sites (N-methyl/N-ethyl adjacent to an activating group) is 1. The number of hydrogen-bond acceptors (Lipinski definition) is 4. The molecule has 2 heterocycles. The molecule has 8 nitrogen and oxygen atoms in total. The van der Waals surface area contributed by atoms with Crippen LogP contribution in [0.1, 0.15) is 31.9 Å². The molecule has 0 saturated carbocycles. The number of hydrogen-bond donors (Lipinski definition) is 2. The fourth-order valence-corrected chi connectivity index (χ4v) is 3.36. The maximum Gasteiger partial charge on any atom is 0.244 e. The van der Waals surface area contributed by atoms with Crippen molar-refractivity contribution in [1.29, 1.82) is 0 Å². The van der Waals surface area contributed by atoms with Gasteiger partial charge in [-0.2, -0.15) is 0 Å². The molecular formula is C21H35IN6O2. The van der Waals surface area contributed by atoms with Crippen molar-refractivity contribution in [3.05, 3.63) is 30.1 Å². The molecule has 0 unspecified atom stereocenters. The molecule has 1 aromatic rings. The normalized spacial score (nSPS) is 14.6. The van der Waals surface area contributed by atoms with Crippen LogP contribution in [0.15, 0.2) is 29.4 Å².